The molecule has 0 bridgehead atoms. The molecule has 1 rings (SSSR count). The van der Waals surface area contributed by atoms with Gasteiger partial charge in [-0.05, 0) is 6.26 Å². The minimum Gasteiger partial charge on any atom is -0.178 e. The first-order valence-electron chi connectivity index (χ1n) is 3.84. The zero-order valence-electron chi connectivity index (χ0n) is 6.97. The molecule has 1 aliphatic rings. The van der Waals surface area contributed by atoms with Crippen LogP contribution in [0.2, 0.25) is 0 Å². The van der Waals surface area contributed by atoms with Crippen LogP contribution in [0.1, 0.15) is 0 Å². The Morgan fingerprint density at radius 2 is 2.08 bits per heavy atom. The summed E-state index contributed by atoms with van der Waals surface area (Å²) in [6, 6.07) is 0. The fourth-order valence-corrected chi connectivity index (χ4v) is 6.65. The van der Waals surface area contributed by atoms with Crippen molar-refractivity contribution in [1.82, 2.24) is 0 Å². The van der Waals surface area contributed by atoms with Crippen LogP contribution >= 0.6 is 60.5 Å². The van der Waals surface area contributed by atoms with Crippen LogP contribution in [0.25, 0.3) is 0 Å². The lowest BCUT2D eigenvalue weighted by molar-refractivity contribution is 0.936. The monoisotopic (exact) mass is 258 g/mol. The molecule has 1 heterocycles. The van der Waals surface area contributed by atoms with Crippen molar-refractivity contribution in [3.05, 3.63) is 0 Å². The van der Waals surface area contributed by atoms with Crippen molar-refractivity contribution in [2.24, 2.45) is 0 Å². The maximum Gasteiger partial charge on any atom is 0.0630 e. The minimum atomic E-state index is 0.495. The molecule has 1 aliphatic heterocycles. The van der Waals surface area contributed by atoms with E-state index in [2.05, 4.69) is 31.5 Å². The third-order valence-corrected chi connectivity index (χ3v) is 7.96. The maximum atomic E-state index is 4.67. The maximum absolute atomic E-state index is 4.67. The van der Waals surface area contributed by atoms with Gasteiger partial charge in [0, 0.05) is 27.8 Å². The lowest BCUT2D eigenvalue weighted by Crippen LogP contribution is -2.26. The molecule has 0 amide bonds. The van der Waals surface area contributed by atoms with Gasteiger partial charge in [0.1, 0.15) is 0 Å². The van der Waals surface area contributed by atoms with Crippen molar-refractivity contribution in [3.8, 4) is 0 Å². The highest BCUT2D eigenvalue weighted by molar-refractivity contribution is 8.20. The van der Waals surface area contributed by atoms with Crippen LogP contribution < -0.4 is 0 Å². The molecule has 12 heavy (non-hydrogen) atoms. The first-order chi connectivity index (χ1) is 5.79. The summed E-state index contributed by atoms with van der Waals surface area (Å²) in [4.78, 5) is 0. The van der Waals surface area contributed by atoms with E-state index in [1.165, 1.54) is 11.5 Å². The molecule has 0 N–H and O–H groups in total. The lowest BCUT2D eigenvalue weighted by Gasteiger charge is -2.23. The molecule has 0 radical (unpaired) electrons. The standard InChI is InChI=1S/C7H14S5/c1-10-5(4-8)6(9)7-11-2-3-12-7/h5-9H,2-4H2,1H3. The van der Waals surface area contributed by atoms with Crippen molar-refractivity contribution in [1.29, 1.82) is 0 Å². The predicted molar refractivity (Wildman–Crippen MR) is 72.6 cm³/mol. The molecule has 0 nitrogen and oxygen atoms in total. The largest absolute Gasteiger partial charge is 0.178 e. The summed E-state index contributed by atoms with van der Waals surface area (Å²) in [5.41, 5.74) is 0. The highest BCUT2D eigenvalue weighted by atomic mass is 32.2. The fourth-order valence-electron chi connectivity index (χ4n) is 1.07. The highest BCUT2D eigenvalue weighted by Gasteiger charge is 2.28. The zero-order valence-corrected chi connectivity index (χ0v) is 11.2. The topological polar surface area (TPSA) is 0 Å². The smallest absolute Gasteiger partial charge is 0.0630 e. The molecule has 0 saturated carbocycles. The molecule has 1 fully saturated rings. The molecule has 0 aliphatic carbocycles. The van der Waals surface area contributed by atoms with Crippen LogP contribution in [0.3, 0.4) is 0 Å². The lowest BCUT2D eigenvalue weighted by atomic mass is 10.3. The molecular formula is C7H14S5. The summed E-state index contributed by atoms with van der Waals surface area (Å²) in [5, 5.41) is 1.09. The second kappa shape index (κ2) is 6.27. The van der Waals surface area contributed by atoms with Crippen LogP contribution in [0.15, 0.2) is 0 Å². The summed E-state index contributed by atoms with van der Waals surface area (Å²) in [5.74, 6) is 3.52. The third kappa shape index (κ3) is 3.15. The van der Waals surface area contributed by atoms with Gasteiger partial charge in [-0.15, -0.1) is 23.5 Å². The Labute approximate surface area is 98.6 Å². The number of hydrogen-bond acceptors (Lipinski definition) is 5. The highest BCUT2D eigenvalue weighted by Crippen LogP contribution is 2.39. The van der Waals surface area contributed by atoms with Gasteiger partial charge in [0.15, 0.2) is 0 Å². The second-order valence-electron chi connectivity index (χ2n) is 2.56. The summed E-state index contributed by atoms with van der Waals surface area (Å²) < 4.78 is 0.693. The van der Waals surface area contributed by atoms with Crippen LogP contribution in [0.5, 0.6) is 0 Å². The van der Waals surface area contributed by atoms with Crippen molar-refractivity contribution in [2.75, 3.05) is 23.5 Å². The van der Waals surface area contributed by atoms with E-state index < -0.39 is 0 Å². The van der Waals surface area contributed by atoms with E-state index in [1.807, 2.05) is 35.3 Å². The molecule has 0 spiro atoms. The summed E-state index contributed by atoms with van der Waals surface area (Å²) in [6.07, 6.45) is 2.15. The van der Waals surface area contributed by atoms with E-state index in [0.717, 1.165) is 5.75 Å². The van der Waals surface area contributed by atoms with E-state index in [0.29, 0.717) is 15.1 Å². The summed E-state index contributed by atoms with van der Waals surface area (Å²) >= 11 is 15.0. The van der Waals surface area contributed by atoms with Crippen molar-refractivity contribution in [3.63, 3.8) is 0 Å². The van der Waals surface area contributed by atoms with Crippen LogP contribution in [0, 0.1) is 0 Å². The summed E-state index contributed by atoms with van der Waals surface area (Å²) in [6.45, 7) is 0. The molecule has 5 heteroatoms. The molecule has 0 aromatic rings. The molecule has 0 aromatic heterocycles. The van der Waals surface area contributed by atoms with E-state index in [1.54, 1.807) is 0 Å². The van der Waals surface area contributed by atoms with Crippen molar-refractivity contribution >= 4 is 60.5 Å². The van der Waals surface area contributed by atoms with Gasteiger partial charge in [-0.25, -0.2) is 0 Å². The van der Waals surface area contributed by atoms with Gasteiger partial charge in [0.25, 0.3) is 0 Å². The van der Waals surface area contributed by atoms with Crippen molar-refractivity contribution < 1.29 is 0 Å². The Morgan fingerprint density at radius 3 is 2.50 bits per heavy atom. The fraction of sp³-hybridized carbons (Fsp3) is 1.00. The Hall–Kier alpha value is 1.75. The van der Waals surface area contributed by atoms with E-state index in [-0.39, 0.29) is 0 Å². The molecule has 2 unspecified atom stereocenters. The predicted octanol–water partition coefficient (Wildman–Crippen LogP) is 2.75. The minimum absolute atomic E-state index is 0.495. The Kier molecular flexibility index (Phi) is 6.18. The van der Waals surface area contributed by atoms with Gasteiger partial charge in [0.05, 0.1) is 4.58 Å². The van der Waals surface area contributed by atoms with Gasteiger partial charge in [-0.3, -0.25) is 0 Å². The van der Waals surface area contributed by atoms with Crippen LogP contribution in [0.4, 0.5) is 0 Å². The average Bonchev–Trinajstić information content (AvgIpc) is 2.58. The molecular weight excluding hydrogens is 244 g/mol. The number of rotatable bonds is 4. The SMILES string of the molecule is CSC(CS)C(S)C1SCCS1. The number of thiol groups is 2. The molecule has 1 saturated heterocycles. The normalized spacial score (nSPS) is 24.2. The third-order valence-electron chi connectivity index (χ3n) is 1.79. The molecule has 72 valence electrons. The van der Waals surface area contributed by atoms with E-state index in [4.69, 9.17) is 0 Å². The van der Waals surface area contributed by atoms with E-state index >= 15 is 0 Å². The average molecular weight is 259 g/mol. The Balaban J connectivity index is 2.37. The quantitative estimate of drug-likeness (QED) is 0.745. The number of thioether (sulfide) groups is 3. The van der Waals surface area contributed by atoms with Gasteiger partial charge < -0.3 is 0 Å². The van der Waals surface area contributed by atoms with E-state index in [9.17, 15) is 0 Å². The van der Waals surface area contributed by atoms with Crippen LogP contribution in [-0.2, 0) is 0 Å². The van der Waals surface area contributed by atoms with Gasteiger partial charge in [-0.2, -0.15) is 37.0 Å². The Morgan fingerprint density at radius 1 is 1.50 bits per heavy atom. The molecule has 0 aromatic carbocycles. The summed E-state index contributed by atoms with van der Waals surface area (Å²) in [7, 11) is 0. The van der Waals surface area contributed by atoms with Crippen molar-refractivity contribution in [2.45, 2.75) is 15.1 Å². The number of hydrogen-bond donors (Lipinski definition) is 2. The Bertz CT molecular complexity index is 117. The second-order valence-corrected chi connectivity index (χ2v) is 7.39. The zero-order chi connectivity index (χ0) is 8.97. The van der Waals surface area contributed by atoms with Gasteiger partial charge in [0.2, 0.25) is 0 Å². The van der Waals surface area contributed by atoms with Crippen LogP contribution in [-0.4, -0.2) is 38.6 Å². The first-order valence-corrected chi connectivity index (χ1v) is 8.38. The first kappa shape index (κ1) is 11.8. The van der Waals surface area contributed by atoms with Gasteiger partial charge >= 0.3 is 0 Å². The molecule has 2 atom stereocenters. The van der Waals surface area contributed by atoms with Gasteiger partial charge in [-0.1, -0.05) is 0 Å².